The Morgan fingerprint density at radius 3 is 2.58 bits per heavy atom. The maximum atomic E-state index is 13.8. The van der Waals surface area contributed by atoms with Gasteiger partial charge in [-0.3, -0.25) is 13.9 Å². The number of benzene rings is 1. The number of nitrogens with zero attached hydrogens (tertiary/aromatic N) is 5. The molecule has 1 aromatic carbocycles. The van der Waals surface area contributed by atoms with Crippen LogP contribution in [0.2, 0.25) is 10.3 Å². The van der Waals surface area contributed by atoms with Crippen LogP contribution in [0.15, 0.2) is 32.3 Å². The van der Waals surface area contributed by atoms with E-state index < -0.39 is 22.5 Å². The first-order valence-corrected chi connectivity index (χ1v) is 13.8. The number of aromatic nitrogens is 6. The molecular formula is C26H29Cl2FN6O3. The molecule has 38 heavy (non-hydrogen) atoms. The summed E-state index contributed by atoms with van der Waals surface area (Å²) in [5.74, 6) is 0.555. The second-order valence-electron chi connectivity index (χ2n) is 9.85. The van der Waals surface area contributed by atoms with Gasteiger partial charge in [-0.1, -0.05) is 55.4 Å². The normalized spacial score (nSPS) is 15.4. The number of aryl methyl sites for hydroxylation is 2. The Kier molecular flexibility index (Phi) is 7.72. The van der Waals surface area contributed by atoms with Crippen molar-refractivity contribution in [2.75, 3.05) is 0 Å². The fourth-order valence-electron chi connectivity index (χ4n) is 5.44. The smallest absolute Gasteiger partial charge is 0.332 e. The van der Waals surface area contributed by atoms with Crippen LogP contribution in [-0.2, 0) is 24.9 Å². The van der Waals surface area contributed by atoms with Gasteiger partial charge in [-0.05, 0) is 55.0 Å². The van der Waals surface area contributed by atoms with Crippen LogP contribution in [0.25, 0.3) is 11.2 Å². The fraction of sp³-hybridized carbons (Fsp3) is 0.500. The summed E-state index contributed by atoms with van der Waals surface area (Å²) < 4.78 is 22.0. The zero-order valence-corrected chi connectivity index (χ0v) is 22.6. The van der Waals surface area contributed by atoms with E-state index >= 15 is 0 Å². The fourth-order valence-corrected chi connectivity index (χ4v) is 5.96. The van der Waals surface area contributed by atoms with E-state index in [-0.39, 0.29) is 23.0 Å². The van der Waals surface area contributed by atoms with E-state index in [4.69, 9.17) is 32.7 Å². The summed E-state index contributed by atoms with van der Waals surface area (Å²) in [6.07, 6.45) is 7.09. The molecule has 5 rings (SSSR count). The highest BCUT2D eigenvalue weighted by Gasteiger charge is 2.41. The summed E-state index contributed by atoms with van der Waals surface area (Å²) in [6.45, 7) is 2.63. The average molecular weight is 563 g/mol. The Morgan fingerprint density at radius 1 is 1.08 bits per heavy atom. The number of unbranched alkanes of at least 4 members (excludes halogenated alkanes) is 1. The minimum atomic E-state index is -0.542. The summed E-state index contributed by atoms with van der Waals surface area (Å²) in [6, 6.07) is 4.45. The molecule has 9 nitrogen and oxygen atoms in total. The van der Waals surface area contributed by atoms with E-state index in [1.807, 2.05) is 6.92 Å². The quantitative estimate of drug-likeness (QED) is 0.273. The summed E-state index contributed by atoms with van der Waals surface area (Å²) in [5.41, 5.74) is -0.138. The maximum Gasteiger partial charge on any atom is 0.332 e. The standard InChI is InChI=1S/C26H29Cl2FN6O3/c1-2-3-13-34-21-20(31-24(28)32-21)22(36)35(25(34)37)14-7-8-19-30-23(33-38-19)26(11-5-4-6-12-26)17-10-9-16(29)15-18(17)27/h9-10,15H,2-8,11-14H2,1H3,(H,31,32). The van der Waals surface area contributed by atoms with Gasteiger partial charge in [0.15, 0.2) is 17.0 Å². The van der Waals surface area contributed by atoms with Crippen LogP contribution in [-0.4, -0.2) is 29.2 Å². The second kappa shape index (κ2) is 11.0. The summed E-state index contributed by atoms with van der Waals surface area (Å²) in [5, 5.41) is 4.72. The van der Waals surface area contributed by atoms with Crippen LogP contribution in [0.3, 0.4) is 0 Å². The number of rotatable bonds is 9. The second-order valence-corrected chi connectivity index (χ2v) is 10.6. The molecule has 3 aromatic heterocycles. The molecule has 0 bridgehead atoms. The molecule has 0 unspecified atom stereocenters. The number of hydrogen-bond donors (Lipinski definition) is 1. The maximum absolute atomic E-state index is 13.8. The SMILES string of the molecule is CCCCn1c(=O)n(CCCc2nc(C3(c4ccc(F)cc4Cl)CCCCC3)no2)c(=O)c2[nH]c(Cl)nc21. The molecule has 1 aliphatic rings. The van der Waals surface area contributed by atoms with Gasteiger partial charge in [0.05, 0.1) is 5.41 Å². The lowest BCUT2D eigenvalue weighted by atomic mass is 9.69. The predicted molar refractivity (Wildman–Crippen MR) is 142 cm³/mol. The van der Waals surface area contributed by atoms with Crippen LogP contribution >= 0.6 is 23.2 Å². The minimum Gasteiger partial charge on any atom is -0.339 e. The molecule has 0 amide bonds. The van der Waals surface area contributed by atoms with Crippen LogP contribution < -0.4 is 11.2 Å². The van der Waals surface area contributed by atoms with Crippen molar-refractivity contribution >= 4 is 34.4 Å². The molecule has 1 N–H and O–H groups in total. The van der Waals surface area contributed by atoms with Gasteiger partial charge in [0.2, 0.25) is 11.2 Å². The number of hydrogen-bond acceptors (Lipinski definition) is 6. The van der Waals surface area contributed by atoms with Gasteiger partial charge in [-0.25, -0.2) is 9.18 Å². The van der Waals surface area contributed by atoms with Gasteiger partial charge in [0.25, 0.3) is 5.56 Å². The van der Waals surface area contributed by atoms with Gasteiger partial charge in [0, 0.05) is 24.5 Å². The van der Waals surface area contributed by atoms with Crippen LogP contribution in [0.4, 0.5) is 4.39 Å². The molecule has 0 atom stereocenters. The van der Waals surface area contributed by atoms with Crippen molar-refractivity contribution in [3.63, 3.8) is 0 Å². The van der Waals surface area contributed by atoms with Crippen molar-refractivity contribution in [3.05, 3.63) is 72.4 Å². The van der Waals surface area contributed by atoms with Crippen molar-refractivity contribution in [1.82, 2.24) is 29.2 Å². The Hall–Kier alpha value is -2.98. The van der Waals surface area contributed by atoms with E-state index in [2.05, 4.69) is 15.1 Å². The number of fused-ring (bicyclic) bond motifs is 1. The molecule has 1 saturated carbocycles. The zero-order chi connectivity index (χ0) is 26.9. The number of halogens is 3. The van der Waals surface area contributed by atoms with Crippen molar-refractivity contribution in [2.24, 2.45) is 0 Å². The molecule has 12 heteroatoms. The lowest BCUT2D eigenvalue weighted by Crippen LogP contribution is -2.40. The first-order chi connectivity index (χ1) is 18.3. The Labute approximate surface area is 228 Å². The third-order valence-corrected chi connectivity index (χ3v) is 7.88. The first-order valence-electron chi connectivity index (χ1n) is 13.0. The van der Waals surface area contributed by atoms with Crippen molar-refractivity contribution < 1.29 is 8.91 Å². The molecule has 202 valence electrons. The van der Waals surface area contributed by atoms with Crippen LogP contribution in [0.5, 0.6) is 0 Å². The molecule has 0 saturated heterocycles. The van der Waals surface area contributed by atoms with Gasteiger partial charge in [-0.15, -0.1) is 0 Å². The lowest BCUT2D eigenvalue weighted by molar-refractivity contribution is 0.308. The van der Waals surface area contributed by atoms with E-state index in [0.29, 0.717) is 36.1 Å². The van der Waals surface area contributed by atoms with Crippen molar-refractivity contribution in [3.8, 4) is 0 Å². The van der Waals surface area contributed by atoms with Gasteiger partial charge in [0.1, 0.15) is 5.82 Å². The largest absolute Gasteiger partial charge is 0.339 e. The number of aromatic amines is 1. The first kappa shape index (κ1) is 26.6. The molecule has 0 spiro atoms. The van der Waals surface area contributed by atoms with Crippen LogP contribution in [0, 0.1) is 5.82 Å². The van der Waals surface area contributed by atoms with E-state index in [1.54, 1.807) is 6.07 Å². The van der Waals surface area contributed by atoms with Crippen molar-refractivity contribution in [1.29, 1.82) is 0 Å². The summed E-state index contributed by atoms with van der Waals surface area (Å²) >= 11 is 12.5. The molecule has 3 heterocycles. The van der Waals surface area contributed by atoms with E-state index in [9.17, 15) is 14.0 Å². The van der Waals surface area contributed by atoms with Gasteiger partial charge < -0.3 is 9.51 Å². The van der Waals surface area contributed by atoms with E-state index in [0.717, 1.165) is 50.5 Å². The predicted octanol–water partition coefficient (Wildman–Crippen LogP) is 5.40. The number of nitrogens with one attached hydrogen (secondary N) is 1. The minimum absolute atomic E-state index is 0.0655. The van der Waals surface area contributed by atoms with E-state index in [1.165, 1.54) is 21.3 Å². The molecule has 1 aliphatic carbocycles. The van der Waals surface area contributed by atoms with Crippen LogP contribution in [0.1, 0.15) is 75.6 Å². The molecule has 4 aromatic rings. The Bertz CT molecular complexity index is 1570. The van der Waals surface area contributed by atoms with Gasteiger partial charge >= 0.3 is 5.69 Å². The molecule has 0 aliphatic heterocycles. The average Bonchev–Trinajstić information content (AvgIpc) is 3.53. The summed E-state index contributed by atoms with van der Waals surface area (Å²) in [7, 11) is 0. The highest BCUT2D eigenvalue weighted by molar-refractivity contribution is 6.31. The van der Waals surface area contributed by atoms with Gasteiger partial charge in [-0.2, -0.15) is 9.97 Å². The molecule has 0 radical (unpaired) electrons. The monoisotopic (exact) mass is 562 g/mol. The number of H-pyrrole nitrogens is 1. The topological polar surface area (TPSA) is 112 Å². The molecular weight excluding hydrogens is 534 g/mol. The zero-order valence-electron chi connectivity index (χ0n) is 21.1. The highest BCUT2D eigenvalue weighted by Crippen LogP contribution is 2.46. The Morgan fingerprint density at radius 2 is 1.84 bits per heavy atom. The Balaban J connectivity index is 1.38. The highest BCUT2D eigenvalue weighted by atomic mass is 35.5. The number of imidazole rings is 1. The van der Waals surface area contributed by atoms with Crippen molar-refractivity contribution in [2.45, 2.75) is 83.2 Å². The molecule has 1 fully saturated rings. The third-order valence-electron chi connectivity index (χ3n) is 7.39. The lowest BCUT2D eigenvalue weighted by Gasteiger charge is -2.35. The summed E-state index contributed by atoms with van der Waals surface area (Å²) in [4.78, 5) is 37.8. The third kappa shape index (κ3) is 4.91.